The molecule has 0 bridgehead atoms. The van der Waals surface area contributed by atoms with Crippen LogP contribution in [0.3, 0.4) is 0 Å². The van der Waals surface area contributed by atoms with E-state index in [1.165, 1.54) is 0 Å². The molecule has 1 saturated heterocycles. The van der Waals surface area contributed by atoms with Crippen molar-refractivity contribution in [3.8, 4) is 11.1 Å². The maximum absolute atomic E-state index is 12.0. The second kappa shape index (κ2) is 16.2. The fraction of sp³-hybridized carbons (Fsp3) is 0.359. The number of ether oxygens (including phenoxy) is 2. The highest BCUT2D eigenvalue weighted by molar-refractivity contribution is 5.74. The SMILES string of the molecule is CCNC(=O)NCc1ccccc1-c1ccc([C@H]2O[C@@H](CN(C)[C@@H](C)[C@H](O)c3ccccc3)[C@@H](C)[C@@H](c3ccc(CO)cc3)O2)cc1. The van der Waals surface area contributed by atoms with Gasteiger partial charge < -0.3 is 30.3 Å². The van der Waals surface area contributed by atoms with E-state index in [0.29, 0.717) is 19.6 Å². The number of carbonyl (C=O) groups excluding carboxylic acids is 1. The van der Waals surface area contributed by atoms with E-state index in [1.807, 2.05) is 106 Å². The first-order chi connectivity index (χ1) is 22.8. The molecule has 4 aromatic carbocycles. The van der Waals surface area contributed by atoms with Crippen LogP contribution in [0.5, 0.6) is 0 Å². The fourth-order valence-corrected chi connectivity index (χ4v) is 6.12. The Morgan fingerprint density at radius 3 is 2.21 bits per heavy atom. The lowest BCUT2D eigenvalue weighted by Gasteiger charge is -2.43. The first-order valence-electron chi connectivity index (χ1n) is 16.4. The van der Waals surface area contributed by atoms with Gasteiger partial charge in [-0.2, -0.15) is 0 Å². The summed E-state index contributed by atoms with van der Waals surface area (Å²) in [5.41, 5.74) is 6.76. The normalized spacial score (nSPS) is 20.8. The number of rotatable bonds is 12. The average Bonchev–Trinajstić information content (AvgIpc) is 3.11. The zero-order valence-electron chi connectivity index (χ0n) is 27.7. The summed E-state index contributed by atoms with van der Waals surface area (Å²) >= 11 is 0. The van der Waals surface area contributed by atoms with E-state index in [0.717, 1.165) is 38.9 Å². The number of aliphatic hydroxyl groups excluding tert-OH is 2. The van der Waals surface area contributed by atoms with Crippen LogP contribution >= 0.6 is 0 Å². The van der Waals surface area contributed by atoms with Crippen molar-refractivity contribution >= 4 is 6.03 Å². The van der Waals surface area contributed by atoms with Crippen LogP contribution in [-0.2, 0) is 22.6 Å². The predicted octanol–water partition coefficient (Wildman–Crippen LogP) is 6.51. The Morgan fingerprint density at radius 2 is 1.53 bits per heavy atom. The summed E-state index contributed by atoms with van der Waals surface area (Å²) in [5.74, 6) is 0.0123. The maximum Gasteiger partial charge on any atom is 0.315 e. The standard InChI is InChI=1S/C39H47N3O5/c1-5-40-39(45)41-23-33-13-9-10-14-34(33)29-19-21-32(22-20-29)38-46-35(24-42(4)27(3)36(44)30-11-7-6-8-12-30)26(2)37(47-38)31-17-15-28(25-43)16-18-31/h6-22,26-27,35-38,43-44H,5,23-25H2,1-4H3,(H2,40,41,45)/t26-,27+,35+,36+,37+,38+/m1/s1. The van der Waals surface area contributed by atoms with Gasteiger partial charge in [0.2, 0.25) is 0 Å². The van der Waals surface area contributed by atoms with Gasteiger partial charge in [-0.05, 0) is 54.3 Å². The number of nitrogens with zero attached hydrogens (tertiary/aromatic N) is 1. The van der Waals surface area contributed by atoms with Crippen LogP contribution in [0, 0.1) is 5.92 Å². The minimum absolute atomic E-state index is 0.0123. The Bertz CT molecular complexity index is 1560. The second-order valence-electron chi connectivity index (χ2n) is 12.3. The monoisotopic (exact) mass is 637 g/mol. The van der Waals surface area contributed by atoms with Gasteiger partial charge in [-0.3, -0.25) is 4.90 Å². The molecular formula is C39H47N3O5. The van der Waals surface area contributed by atoms with E-state index in [9.17, 15) is 15.0 Å². The quantitative estimate of drug-likeness (QED) is 0.141. The van der Waals surface area contributed by atoms with Gasteiger partial charge in [-0.25, -0.2) is 4.79 Å². The number of urea groups is 1. The minimum atomic E-state index is -0.638. The van der Waals surface area contributed by atoms with Gasteiger partial charge in [0.1, 0.15) is 0 Å². The summed E-state index contributed by atoms with van der Waals surface area (Å²) in [5, 5.41) is 26.4. The molecule has 0 aromatic heterocycles. The van der Waals surface area contributed by atoms with Crippen molar-refractivity contribution in [2.24, 2.45) is 5.92 Å². The summed E-state index contributed by atoms with van der Waals surface area (Å²) in [7, 11) is 2.02. The Morgan fingerprint density at radius 1 is 0.872 bits per heavy atom. The Labute approximate surface area is 278 Å². The number of likely N-dealkylation sites (N-methyl/N-ethyl adjacent to an activating group) is 1. The van der Waals surface area contributed by atoms with Gasteiger partial charge in [-0.1, -0.05) is 110 Å². The third-order valence-electron chi connectivity index (χ3n) is 9.17. The second-order valence-corrected chi connectivity index (χ2v) is 12.3. The molecule has 0 aliphatic carbocycles. The molecule has 0 radical (unpaired) electrons. The van der Waals surface area contributed by atoms with Crippen molar-refractivity contribution in [2.45, 2.75) is 64.6 Å². The van der Waals surface area contributed by atoms with Crippen LogP contribution in [0.25, 0.3) is 11.1 Å². The molecule has 1 fully saturated rings. The third-order valence-corrected chi connectivity index (χ3v) is 9.17. The van der Waals surface area contributed by atoms with E-state index < -0.39 is 12.4 Å². The molecule has 6 atom stereocenters. The van der Waals surface area contributed by atoms with Crippen molar-refractivity contribution in [2.75, 3.05) is 20.1 Å². The van der Waals surface area contributed by atoms with E-state index >= 15 is 0 Å². The summed E-state index contributed by atoms with van der Waals surface area (Å²) in [6.07, 6.45) is -1.67. The zero-order valence-corrected chi connectivity index (χ0v) is 27.7. The van der Waals surface area contributed by atoms with Gasteiger partial charge in [0.15, 0.2) is 6.29 Å². The van der Waals surface area contributed by atoms with Crippen LogP contribution in [-0.4, -0.2) is 53.4 Å². The Hall–Kier alpha value is -4.05. The van der Waals surface area contributed by atoms with Gasteiger partial charge in [0.05, 0.1) is 24.9 Å². The highest BCUT2D eigenvalue weighted by Crippen LogP contribution is 2.42. The number of aliphatic hydroxyl groups is 2. The van der Waals surface area contributed by atoms with Crippen molar-refractivity contribution in [1.82, 2.24) is 15.5 Å². The molecule has 4 N–H and O–H groups in total. The molecular weight excluding hydrogens is 590 g/mol. The summed E-state index contributed by atoms with van der Waals surface area (Å²) < 4.78 is 13.4. The molecule has 1 aliphatic rings. The number of nitrogens with one attached hydrogen (secondary N) is 2. The molecule has 0 unspecified atom stereocenters. The van der Waals surface area contributed by atoms with Crippen molar-refractivity contribution < 1.29 is 24.5 Å². The van der Waals surface area contributed by atoms with E-state index in [-0.39, 0.29) is 36.8 Å². The number of carbonyl (C=O) groups is 1. The Kier molecular flexibility index (Phi) is 11.8. The molecule has 8 heteroatoms. The molecule has 0 saturated carbocycles. The summed E-state index contributed by atoms with van der Waals surface area (Å²) in [6, 6.07) is 33.6. The topological polar surface area (TPSA) is 103 Å². The van der Waals surface area contributed by atoms with Crippen LogP contribution in [0.1, 0.15) is 67.1 Å². The lowest BCUT2D eigenvalue weighted by atomic mass is 9.89. The molecule has 0 spiro atoms. The lowest BCUT2D eigenvalue weighted by molar-refractivity contribution is -0.276. The minimum Gasteiger partial charge on any atom is -0.392 e. The van der Waals surface area contributed by atoms with Crippen molar-refractivity contribution in [3.63, 3.8) is 0 Å². The fourth-order valence-electron chi connectivity index (χ4n) is 6.12. The van der Waals surface area contributed by atoms with Gasteiger partial charge >= 0.3 is 6.03 Å². The van der Waals surface area contributed by atoms with Crippen LogP contribution in [0.15, 0.2) is 103 Å². The highest BCUT2D eigenvalue weighted by atomic mass is 16.7. The number of amides is 2. The van der Waals surface area contributed by atoms with Crippen LogP contribution < -0.4 is 10.6 Å². The predicted molar refractivity (Wildman–Crippen MR) is 184 cm³/mol. The zero-order chi connectivity index (χ0) is 33.3. The largest absolute Gasteiger partial charge is 0.392 e. The number of hydrogen-bond donors (Lipinski definition) is 4. The van der Waals surface area contributed by atoms with Crippen molar-refractivity contribution in [1.29, 1.82) is 0 Å². The lowest BCUT2D eigenvalue weighted by Crippen LogP contribution is -2.46. The molecule has 8 nitrogen and oxygen atoms in total. The molecule has 5 rings (SSSR count). The van der Waals surface area contributed by atoms with Gasteiger partial charge in [0.25, 0.3) is 0 Å². The van der Waals surface area contributed by atoms with Crippen LogP contribution in [0.2, 0.25) is 0 Å². The first-order valence-corrected chi connectivity index (χ1v) is 16.4. The molecule has 1 aliphatic heterocycles. The highest BCUT2D eigenvalue weighted by Gasteiger charge is 2.39. The number of hydrogen-bond acceptors (Lipinski definition) is 6. The van der Waals surface area contributed by atoms with Gasteiger partial charge in [-0.15, -0.1) is 0 Å². The summed E-state index contributed by atoms with van der Waals surface area (Å²) in [6.45, 7) is 7.64. The van der Waals surface area contributed by atoms with E-state index in [2.05, 4.69) is 40.7 Å². The third kappa shape index (κ3) is 8.46. The van der Waals surface area contributed by atoms with Crippen LogP contribution in [0.4, 0.5) is 4.79 Å². The molecule has 1 heterocycles. The average molecular weight is 638 g/mol. The molecule has 2 amide bonds. The summed E-state index contributed by atoms with van der Waals surface area (Å²) in [4.78, 5) is 14.2. The van der Waals surface area contributed by atoms with Gasteiger partial charge in [0, 0.05) is 37.2 Å². The van der Waals surface area contributed by atoms with Crippen molar-refractivity contribution in [3.05, 3.63) is 131 Å². The first kappa shape index (κ1) is 34.3. The molecule has 47 heavy (non-hydrogen) atoms. The van der Waals surface area contributed by atoms with E-state index in [1.54, 1.807) is 0 Å². The smallest absolute Gasteiger partial charge is 0.315 e. The Balaban J connectivity index is 1.37. The number of benzene rings is 4. The maximum atomic E-state index is 12.0. The molecule has 4 aromatic rings. The van der Waals surface area contributed by atoms with E-state index in [4.69, 9.17) is 9.47 Å². The molecule has 248 valence electrons.